The average molecular weight is 397 g/mol. The van der Waals surface area contributed by atoms with Gasteiger partial charge in [0, 0.05) is 23.9 Å². The van der Waals surface area contributed by atoms with Gasteiger partial charge in [0.2, 0.25) is 5.91 Å². The molecule has 2 aromatic rings. The van der Waals surface area contributed by atoms with E-state index in [0.29, 0.717) is 36.5 Å². The van der Waals surface area contributed by atoms with Gasteiger partial charge < -0.3 is 14.8 Å². The number of rotatable bonds is 6. The lowest BCUT2D eigenvalue weighted by Crippen LogP contribution is -2.28. The molecule has 1 amide bonds. The Kier molecular flexibility index (Phi) is 5.81. The highest BCUT2D eigenvalue weighted by atomic mass is 19.4. The van der Waals surface area contributed by atoms with E-state index < -0.39 is 17.8 Å². The first-order valence-electron chi connectivity index (χ1n) is 8.96. The van der Waals surface area contributed by atoms with Crippen LogP contribution >= 0.6 is 0 Å². The highest BCUT2D eigenvalue weighted by Gasteiger charge is 2.39. The van der Waals surface area contributed by atoms with Gasteiger partial charge in [-0.05, 0) is 43.4 Å². The summed E-state index contributed by atoms with van der Waals surface area (Å²) < 4.78 is 51.3. The van der Waals surface area contributed by atoms with E-state index in [4.69, 9.17) is 9.47 Å². The van der Waals surface area contributed by atoms with Gasteiger partial charge in [-0.25, -0.2) is 0 Å². The Bertz CT molecular complexity index is 840. The van der Waals surface area contributed by atoms with Crippen molar-refractivity contribution in [2.24, 2.45) is 0 Å². The van der Waals surface area contributed by atoms with Crippen LogP contribution in [0.15, 0.2) is 18.2 Å². The van der Waals surface area contributed by atoms with Gasteiger partial charge in [-0.1, -0.05) is 0 Å². The van der Waals surface area contributed by atoms with Crippen molar-refractivity contribution < 1.29 is 27.4 Å². The second-order valence-electron chi connectivity index (χ2n) is 6.63. The van der Waals surface area contributed by atoms with Crippen LogP contribution in [0.2, 0.25) is 0 Å². The van der Waals surface area contributed by atoms with E-state index >= 15 is 0 Å². The van der Waals surface area contributed by atoms with Crippen molar-refractivity contribution in [3.8, 4) is 11.5 Å². The summed E-state index contributed by atoms with van der Waals surface area (Å²) in [6.45, 7) is -0.0541. The highest BCUT2D eigenvalue weighted by Crippen LogP contribution is 2.35. The van der Waals surface area contributed by atoms with Gasteiger partial charge in [-0.15, -0.1) is 0 Å². The number of methoxy groups -OCH3 is 2. The molecule has 0 bridgehead atoms. The quantitative estimate of drug-likeness (QED) is 0.814. The molecule has 0 saturated heterocycles. The number of halogens is 3. The highest BCUT2D eigenvalue weighted by molar-refractivity contribution is 5.75. The van der Waals surface area contributed by atoms with E-state index in [0.717, 1.165) is 12.0 Å². The molecule has 0 aliphatic heterocycles. The Balaban J connectivity index is 1.71. The fraction of sp³-hybridized carbons (Fsp3) is 0.474. The second kappa shape index (κ2) is 8.12. The first-order valence-corrected chi connectivity index (χ1v) is 8.96. The molecule has 1 heterocycles. The Morgan fingerprint density at radius 1 is 1.14 bits per heavy atom. The molecule has 1 aromatic carbocycles. The Morgan fingerprint density at radius 3 is 2.39 bits per heavy atom. The van der Waals surface area contributed by atoms with Crippen molar-refractivity contribution >= 4 is 5.91 Å². The maximum absolute atomic E-state index is 13.2. The summed E-state index contributed by atoms with van der Waals surface area (Å²) in [6, 6.07) is 5.21. The zero-order valence-electron chi connectivity index (χ0n) is 15.7. The van der Waals surface area contributed by atoms with Gasteiger partial charge in [-0.3, -0.25) is 9.48 Å². The maximum Gasteiger partial charge on any atom is 0.435 e. The number of fused-ring (bicyclic) bond motifs is 1. The molecule has 0 fully saturated rings. The molecular formula is C19H22F3N3O3. The Labute approximate surface area is 160 Å². The second-order valence-corrected chi connectivity index (χ2v) is 6.63. The summed E-state index contributed by atoms with van der Waals surface area (Å²) in [5, 5.41) is 6.42. The third-order valence-electron chi connectivity index (χ3n) is 4.72. The van der Waals surface area contributed by atoms with E-state index in [9.17, 15) is 18.0 Å². The van der Waals surface area contributed by atoms with Crippen LogP contribution in [-0.2, 0) is 36.9 Å². The normalized spacial score (nSPS) is 13.8. The molecule has 1 aromatic heterocycles. The van der Waals surface area contributed by atoms with Gasteiger partial charge in [0.25, 0.3) is 0 Å². The van der Waals surface area contributed by atoms with Crippen LogP contribution in [0.5, 0.6) is 11.5 Å². The standard InChI is InChI=1S/C19H22F3N3O3/c1-27-13-7-12(8-14(9-13)28-2)10-23-17(26)11-25-16-6-4-3-5-15(16)18(24-25)19(20,21)22/h7-9H,3-6,10-11H2,1-2H3,(H,23,26). The zero-order chi connectivity index (χ0) is 20.3. The van der Waals surface area contributed by atoms with E-state index in [1.54, 1.807) is 18.2 Å². The monoisotopic (exact) mass is 397 g/mol. The number of carbonyl (C=O) groups excluding carboxylic acids is 1. The van der Waals surface area contributed by atoms with E-state index in [1.807, 2.05) is 0 Å². The summed E-state index contributed by atoms with van der Waals surface area (Å²) in [7, 11) is 3.05. The fourth-order valence-electron chi connectivity index (χ4n) is 3.39. The number of nitrogens with zero attached hydrogens (tertiary/aromatic N) is 2. The predicted octanol–water partition coefficient (Wildman–Crippen LogP) is 3.11. The molecule has 1 aliphatic carbocycles. The summed E-state index contributed by atoms with van der Waals surface area (Å²) >= 11 is 0. The molecule has 0 saturated carbocycles. The lowest BCUT2D eigenvalue weighted by molar-refractivity contribution is -0.142. The number of hydrogen-bond donors (Lipinski definition) is 1. The Hall–Kier alpha value is -2.71. The van der Waals surface area contributed by atoms with Crippen molar-refractivity contribution in [3.05, 3.63) is 40.7 Å². The summed E-state index contributed by atoms with van der Waals surface area (Å²) in [5.41, 5.74) is 0.622. The fourth-order valence-corrected chi connectivity index (χ4v) is 3.39. The molecule has 0 unspecified atom stereocenters. The minimum atomic E-state index is -4.51. The van der Waals surface area contributed by atoms with Gasteiger partial charge >= 0.3 is 6.18 Å². The van der Waals surface area contributed by atoms with Crippen LogP contribution in [0, 0.1) is 0 Å². The maximum atomic E-state index is 13.2. The number of amides is 1. The minimum absolute atomic E-state index is 0.196. The average Bonchev–Trinajstić information content (AvgIpc) is 3.05. The summed E-state index contributed by atoms with van der Waals surface area (Å²) in [4.78, 5) is 12.3. The van der Waals surface area contributed by atoms with Crippen molar-refractivity contribution in [1.29, 1.82) is 0 Å². The Morgan fingerprint density at radius 2 is 1.79 bits per heavy atom. The minimum Gasteiger partial charge on any atom is -0.497 e. The number of nitrogens with one attached hydrogen (secondary N) is 1. The largest absolute Gasteiger partial charge is 0.497 e. The first-order chi connectivity index (χ1) is 13.3. The van der Waals surface area contributed by atoms with Crippen LogP contribution in [0.25, 0.3) is 0 Å². The molecule has 28 heavy (non-hydrogen) atoms. The molecule has 3 rings (SSSR count). The lowest BCUT2D eigenvalue weighted by Gasteiger charge is -2.15. The summed E-state index contributed by atoms with van der Waals surface area (Å²) in [5.74, 6) is 0.755. The number of alkyl halides is 3. The van der Waals surface area contributed by atoms with Gasteiger partial charge in [0.15, 0.2) is 5.69 Å². The molecule has 0 radical (unpaired) electrons. The van der Waals surface area contributed by atoms with Gasteiger partial charge in [-0.2, -0.15) is 18.3 Å². The van der Waals surface area contributed by atoms with Crippen molar-refractivity contribution in [3.63, 3.8) is 0 Å². The van der Waals surface area contributed by atoms with Crippen LogP contribution in [0.3, 0.4) is 0 Å². The molecule has 9 heteroatoms. The third kappa shape index (κ3) is 4.40. The van der Waals surface area contributed by atoms with Crippen LogP contribution in [0.1, 0.15) is 35.4 Å². The lowest BCUT2D eigenvalue weighted by atomic mass is 9.95. The van der Waals surface area contributed by atoms with E-state index in [1.165, 1.54) is 18.9 Å². The number of ether oxygens (including phenoxy) is 2. The SMILES string of the molecule is COc1cc(CNC(=O)Cn2nc(C(F)(F)F)c3c2CCCC3)cc(OC)c1. The van der Waals surface area contributed by atoms with Crippen LogP contribution in [-0.4, -0.2) is 29.9 Å². The van der Waals surface area contributed by atoms with Crippen LogP contribution in [0.4, 0.5) is 13.2 Å². The molecular weight excluding hydrogens is 375 g/mol. The number of hydrogen-bond acceptors (Lipinski definition) is 4. The number of benzene rings is 1. The molecule has 1 aliphatic rings. The molecule has 0 atom stereocenters. The van der Waals surface area contributed by atoms with E-state index in [-0.39, 0.29) is 18.7 Å². The molecule has 0 spiro atoms. The van der Waals surface area contributed by atoms with Crippen molar-refractivity contribution in [1.82, 2.24) is 15.1 Å². The van der Waals surface area contributed by atoms with Gasteiger partial charge in [0.1, 0.15) is 18.0 Å². The number of aromatic nitrogens is 2. The van der Waals surface area contributed by atoms with Gasteiger partial charge in [0.05, 0.1) is 14.2 Å². The molecule has 152 valence electrons. The van der Waals surface area contributed by atoms with Crippen LogP contribution < -0.4 is 14.8 Å². The molecule has 6 nitrogen and oxygen atoms in total. The predicted molar refractivity (Wildman–Crippen MR) is 95.3 cm³/mol. The zero-order valence-corrected chi connectivity index (χ0v) is 15.7. The smallest absolute Gasteiger partial charge is 0.435 e. The molecule has 1 N–H and O–H groups in total. The van der Waals surface area contributed by atoms with Crippen molar-refractivity contribution in [2.75, 3.05) is 14.2 Å². The van der Waals surface area contributed by atoms with Crippen molar-refractivity contribution in [2.45, 2.75) is 44.9 Å². The summed E-state index contributed by atoms with van der Waals surface area (Å²) in [6.07, 6.45) is -2.18. The third-order valence-corrected chi connectivity index (χ3v) is 4.72. The topological polar surface area (TPSA) is 65.4 Å². The first kappa shape index (κ1) is 20.0. The van der Waals surface area contributed by atoms with E-state index in [2.05, 4.69) is 10.4 Å². The number of carbonyl (C=O) groups is 1.